The number of benzene rings is 1. The predicted octanol–water partition coefficient (Wildman–Crippen LogP) is 5.12. The molecular formula is C23H22ClF3N2O5S. The Labute approximate surface area is 205 Å². The van der Waals surface area contributed by atoms with Gasteiger partial charge in [0.2, 0.25) is 0 Å². The number of hydrogen-bond donors (Lipinski definition) is 0. The molecule has 1 aromatic heterocycles. The van der Waals surface area contributed by atoms with Gasteiger partial charge < -0.3 is 13.8 Å². The molecule has 2 heterocycles. The van der Waals surface area contributed by atoms with Crippen LogP contribution in [-0.2, 0) is 27.7 Å². The molecule has 0 N–H and O–H groups in total. The van der Waals surface area contributed by atoms with E-state index in [1.807, 2.05) is 12.1 Å². The predicted molar refractivity (Wildman–Crippen MR) is 123 cm³/mol. The molecule has 7 nitrogen and oxygen atoms in total. The minimum absolute atomic E-state index is 0.281. The largest absolute Gasteiger partial charge is 0.534 e. The number of carbonyl (C=O) groups excluding carboxylic acids is 1. The van der Waals surface area contributed by atoms with Crippen molar-refractivity contribution in [2.24, 2.45) is 0 Å². The highest BCUT2D eigenvalue weighted by atomic mass is 35.5. The smallest absolute Gasteiger partial charge is 0.450 e. The van der Waals surface area contributed by atoms with E-state index >= 15 is 0 Å². The van der Waals surface area contributed by atoms with Crippen LogP contribution < -0.4 is 4.18 Å². The van der Waals surface area contributed by atoms with Gasteiger partial charge in [0.15, 0.2) is 5.75 Å². The van der Waals surface area contributed by atoms with Crippen molar-refractivity contribution in [1.29, 1.82) is 0 Å². The molecule has 0 unspecified atom stereocenters. The second-order valence-corrected chi connectivity index (χ2v) is 10.1. The third-order valence-corrected chi connectivity index (χ3v) is 7.13. The summed E-state index contributed by atoms with van der Waals surface area (Å²) in [5.41, 5.74) is -0.760. The second kappa shape index (κ2) is 9.69. The summed E-state index contributed by atoms with van der Waals surface area (Å²) < 4.78 is 70.7. The van der Waals surface area contributed by atoms with Crippen molar-refractivity contribution in [3.8, 4) is 5.75 Å². The molecule has 12 heteroatoms. The fourth-order valence-electron chi connectivity index (χ4n) is 4.32. The molecule has 2 aromatic rings. The van der Waals surface area contributed by atoms with Crippen LogP contribution in [0.2, 0.25) is 5.02 Å². The van der Waals surface area contributed by atoms with Crippen molar-refractivity contribution in [3.05, 3.63) is 63.4 Å². The monoisotopic (exact) mass is 530 g/mol. The summed E-state index contributed by atoms with van der Waals surface area (Å²) in [5, 5.41) is 0.546. The highest BCUT2D eigenvalue weighted by molar-refractivity contribution is 7.88. The number of carbonyl (C=O) groups is 1. The number of aryl methyl sites for hydroxylation is 2. The first-order valence-corrected chi connectivity index (χ1v) is 12.7. The number of amides is 1. The van der Waals surface area contributed by atoms with Crippen molar-refractivity contribution >= 4 is 33.4 Å². The fraction of sp³-hybridized carbons (Fsp3) is 0.391. The first-order valence-electron chi connectivity index (χ1n) is 10.9. The number of piperidine rings is 1. The lowest BCUT2D eigenvalue weighted by molar-refractivity contribution is -0.0500. The van der Waals surface area contributed by atoms with E-state index in [4.69, 9.17) is 16.3 Å². The quantitative estimate of drug-likeness (QED) is 0.404. The third kappa shape index (κ3) is 5.25. The number of halogens is 4. The molecule has 0 saturated carbocycles. The van der Waals surface area contributed by atoms with Crippen LogP contribution in [0.1, 0.15) is 42.1 Å². The number of rotatable bonds is 3. The summed E-state index contributed by atoms with van der Waals surface area (Å²) in [6.07, 6.45) is 2.62. The number of hydrogen-bond acceptors (Lipinski definition) is 6. The normalized spacial score (nSPS) is 16.3. The Morgan fingerprint density at radius 3 is 2.46 bits per heavy atom. The standard InChI is InChI=1S/C23H22ClF3N2O5S/c1-2-33-22(30)29-9-7-14(8-10-29)20-19-6-5-17(24)11-15(19)3-4-16-12-18(13-28-21(16)20)34-35(31,32)23(25,26)27/h5-6,11-13H,2-4,7-10H2,1H3. The van der Waals surface area contributed by atoms with E-state index in [0.717, 1.165) is 28.5 Å². The van der Waals surface area contributed by atoms with Crippen molar-refractivity contribution < 1.29 is 35.3 Å². The summed E-state index contributed by atoms with van der Waals surface area (Å²) in [4.78, 5) is 18.1. The molecule has 1 amide bonds. The van der Waals surface area contributed by atoms with Gasteiger partial charge in [0.05, 0.1) is 18.5 Å². The first kappa shape index (κ1) is 25.3. The average Bonchev–Trinajstić information content (AvgIpc) is 2.94. The maximum Gasteiger partial charge on any atom is 0.534 e. The number of pyridine rings is 1. The van der Waals surface area contributed by atoms with Crippen molar-refractivity contribution in [2.75, 3.05) is 19.7 Å². The third-order valence-electron chi connectivity index (χ3n) is 5.91. The van der Waals surface area contributed by atoms with E-state index in [-0.39, 0.29) is 12.7 Å². The van der Waals surface area contributed by atoms with E-state index in [9.17, 15) is 26.4 Å². The van der Waals surface area contributed by atoms with Crippen molar-refractivity contribution in [1.82, 2.24) is 9.88 Å². The number of nitrogens with zero attached hydrogens (tertiary/aromatic N) is 2. The van der Waals surface area contributed by atoms with Crippen molar-refractivity contribution in [3.63, 3.8) is 0 Å². The summed E-state index contributed by atoms with van der Waals surface area (Å²) in [6.45, 7) is 2.91. The van der Waals surface area contributed by atoms with E-state index in [2.05, 4.69) is 9.17 Å². The number of ether oxygens (including phenoxy) is 1. The maximum absolute atomic E-state index is 12.8. The Kier molecular flexibility index (Phi) is 7.01. The highest BCUT2D eigenvalue weighted by Crippen LogP contribution is 2.40. The molecule has 2 aliphatic rings. The van der Waals surface area contributed by atoms with Gasteiger partial charge in [-0.15, -0.1) is 0 Å². The molecular weight excluding hydrogens is 509 g/mol. The molecule has 1 aliphatic heterocycles. The molecule has 4 rings (SSSR count). The number of aromatic nitrogens is 1. The Hall–Kier alpha value is -2.79. The molecule has 0 atom stereocenters. The lowest BCUT2D eigenvalue weighted by Gasteiger charge is -2.29. The topological polar surface area (TPSA) is 85.8 Å². The van der Waals surface area contributed by atoms with Gasteiger partial charge in [-0.2, -0.15) is 21.6 Å². The van der Waals surface area contributed by atoms with Crippen LogP contribution in [0.5, 0.6) is 5.75 Å². The van der Waals surface area contributed by atoms with E-state index in [1.165, 1.54) is 6.07 Å². The van der Waals surface area contributed by atoms with Crippen LogP contribution in [0.4, 0.5) is 18.0 Å². The SMILES string of the molecule is CCOC(=O)N1CCC(=C2c3ccc(Cl)cc3CCc3cc(OS(=O)(=O)C(F)(F)F)cnc32)CC1. The minimum atomic E-state index is -5.82. The maximum atomic E-state index is 12.8. The van der Waals surface area contributed by atoms with Gasteiger partial charge in [-0.25, -0.2) is 4.79 Å². The first-order chi connectivity index (χ1) is 16.5. The number of alkyl halides is 3. The summed E-state index contributed by atoms with van der Waals surface area (Å²) >= 11 is 6.22. The molecule has 0 radical (unpaired) electrons. The van der Waals surface area contributed by atoms with Gasteiger partial charge in [-0.05, 0) is 67.5 Å². The van der Waals surface area contributed by atoms with Gasteiger partial charge in [-0.3, -0.25) is 4.98 Å². The molecule has 1 saturated heterocycles. The zero-order valence-corrected chi connectivity index (χ0v) is 20.3. The molecule has 1 fully saturated rings. The lowest BCUT2D eigenvalue weighted by Crippen LogP contribution is -2.37. The number of likely N-dealkylation sites (tertiary alicyclic amines) is 1. The molecule has 0 spiro atoms. The molecule has 1 aromatic carbocycles. The Balaban J connectivity index is 1.75. The van der Waals surface area contributed by atoms with E-state index in [1.54, 1.807) is 17.9 Å². The van der Waals surface area contributed by atoms with Crippen LogP contribution in [0.3, 0.4) is 0 Å². The number of fused-ring (bicyclic) bond motifs is 2. The molecule has 188 valence electrons. The Morgan fingerprint density at radius 2 is 1.80 bits per heavy atom. The van der Waals surface area contributed by atoms with Gasteiger partial charge in [0.25, 0.3) is 0 Å². The second-order valence-electron chi connectivity index (χ2n) is 8.13. The van der Waals surface area contributed by atoms with E-state index < -0.39 is 21.4 Å². The van der Waals surface area contributed by atoms with E-state index in [0.29, 0.717) is 55.1 Å². The highest BCUT2D eigenvalue weighted by Gasteiger charge is 2.48. The molecule has 0 bridgehead atoms. The van der Waals surface area contributed by atoms with Crippen molar-refractivity contribution in [2.45, 2.75) is 38.1 Å². The van der Waals surface area contributed by atoms with Gasteiger partial charge in [0.1, 0.15) is 0 Å². The zero-order valence-electron chi connectivity index (χ0n) is 18.7. The minimum Gasteiger partial charge on any atom is -0.450 e. The Bertz CT molecular complexity index is 1280. The lowest BCUT2D eigenvalue weighted by atomic mass is 9.88. The summed E-state index contributed by atoms with van der Waals surface area (Å²) in [6, 6.07) is 6.76. The average molecular weight is 531 g/mol. The van der Waals surface area contributed by atoms with Gasteiger partial charge in [0, 0.05) is 23.7 Å². The van der Waals surface area contributed by atoms with Crippen LogP contribution in [0.15, 0.2) is 36.0 Å². The zero-order chi connectivity index (χ0) is 25.4. The van der Waals surface area contributed by atoms with Crippen LogP contribution in [0, 0.1) is 0 Å². The summed E-state index contributed by atoms with van der Waals surface area (Å²) in [5.74, 6) is -0.508. The van der Waals surface area contributed by atoms with Gasteiger partial charge in [-0.1, -0.05) is 23.2 Å². The van der Waals surface area contributed by atoms with Crippen LogP contribution in [-0.4, -0.2) is 49.6 Å². The molecule has 1 aliphatic carbocycles. The molecule has 35 heavy (non-hydrogen) atoms. The fourth-order valence-corrected chi connectivity index (χ4v) is 4.95. The summed E-state index contributed by atoms with van der Waals surface area (Å²) in [7, 11) is -5.82. The van der Waals surface area contributed by atoms with Crippen LogP contribution >= 0.6 is 11.6 Å². The Morgan fingerprint density at radius 1 is 1.11 bits per heavy atom. The van der Waals surface area contributed by atoms with Gasteiger partial charge >= 0.3 is 21.7 Å². The van der Waals surface area contributed by atoms with Crippen LogP contribution in [0.25, 0.3) is 5.57 Å².